The molecular formula is C19H24N3O7P. The minimum atomic E-state index is -2.96. The third kappa shape index (κ3) is 5.54. The van der Waals surface area contributed by atoms with Crippen LogP contribution in [0.25, 0.3) is 0 Å². The maximum absolute atomic E-state index is 12.5. The summed E-state index contributed by atoms with van der Waals surface area (Å²) in [4.78, 5) is 28.5. The van der Waals surface area contributed by atoms with Crippen molar-refractivity contribution in [3.63, 3.8) is 0 Å². The van der Waals surface area contributed by atoms with Crippen molar-refractivity contribution in [3.05, 3.63) is 58.6 Å². The monoisotopic (exact) mass is 437 g/mol. The van der Waals surface area contributed by atoms with Gasteiger partial charge in [-0.3, -0.25) is 9.13 Å². The predicted molar refractivity (Wildman–Crippen MR) is 108 cm³/mol. The van der Waals surface area contributed by atoms with E-state index in [0.29, 0.717) is 5.56 Å². The van der Waals surface area contributed by atoms with Gasteiger partial charge in [-0.25, -0.2) is 9.59 Å². The first-order chi connectivity index (χ1) is 14.3. The first-order valence-electron chi connectivity index (χ1n) is 9.38. The van der Waals surface area contributed by atoms with Crippen LogP contribution in [-0.2, 0) is 23.3 Å². The van der Waals surface area contributed by atoms with Gasteiger partial charge in [0.25, 0.3) is 0 Å². The molecule has 2 heterocycles. The summed E-state index contributed by atoms with van der Waals surface area (Å²) >= 11 is 0. The molecule has 0 aliphatic carbocycles. The number of hydrogen-bond donors (Lipinski definition) is 1. The van der Waals surface area contributed by atoms with Gasteiger partial charge in [0.15, 0.2) is 18.6 Å². The Hall–Kier alpha value is -2.52. The van der Waals surface area contributed by atoms with Crippen molar-refractivity contribution in [1.82, 2.24) is 9.55 Å². The SMILES string of the molecule is CCOP(C)(=O)CO[C@@H]1C[C@H](OC(=O)c2ccccc2)[C@H](n2ccc(N)nc2=O)O1. The molecule has 0 saturated carbocycles. The summed E-state index contributed by atoms with van der Waals surface area (Å²) in [7, 11) is -2.96. The molecule has 2 N–H and O–H groups in total. The minimum absolute atomic E-state index is 0.0588. The second-order valence-corrected chi connectivity index (χ2v) is 9.32. The number of anilines is 1. The number of benzene rings is 1. The lowest BCUT2D eigenvalue weighted by molar-refractivity contribution is -0.147. The fourth-order valence-electron chi connectivity index (χ4n) is 2.99. The minimum Gasteiger partial charge on any atom is -0.454 e. The number of nitrogen functional groups attached to an aromatic ring is 1. The van der Waals surface area contributed by atoms with E-state index in [1.807, 2.05) is 0 Å². The van der Waals surface area contributed by atoms with Gasteiger partial charge in [0.05, 0.1) is 12.2 Å². The molecule has 1 saturated heterocycles. The van der Waals surface area contributed by atoms with Crippen LogP contribution in [-0.4, -0.2) is 47.5 Å². The number of rotatable bonds is 8. The molecule has 1 aliphatic heterocycles. The normalized spacial score (nSPS) is 23.1. The lowest BCUT2D eigenvalue weighted by atomic mass is 10.2. The average Bonchev–Trinajstić information content (AvgIpc) is 3.09. The molecule has 162 valence electrons. The highest BCUT2D eigenvalue weighted by atomic mass is 31.2. The van der Waals surface area contributed by atoms with Gasteiger partial charge in [0.2, 0.25) is 7.37 Å². The van der Waals surface area contributed by atoms with E-state index in [4.69, 9.17) is 24.5 Å². The largest absolute Gasteiger partial charge is 0.454 e. The number of aromatic nitrogens is 2. The first-order valence-corrected chi connectivity index (χ1v) is 11.6. The molecule has 1 aromatic heterocycles. The predicted octanol–water partition coefficient (Wildman–Crippen LogP) is 2.21. The van der Waals surface area contributed by atoms with E-state index in [9.17, 15) is 14.2 Å². The Kier molecular flexibility index (Phi) is 7.04. The highest BCUT2D eigenvalue weighted by Gasteiger charge is 2.41. The molecule has 30 heavy (non-hydrogen) atoms. The van der Waals surface area contributed by atoms with Crippen molar-refractivity contribution in [2.45, 2.75) is 32.0 Å². The van der Waals surface area contributed by atoms with Crippen LogP contribution in [0.2, 0.25) is 0 Å². The molecule has 0 bridgehead atoms. The zero-order valence-corrected chi connectivity index (χ0v) is 17.6. The quantitative estimate of drug-likeness (QED) is 0.487. The van der Waals surface area contributed by atoms with Gasteiger partial charge < -0.3 is 24.5 Å². The smallest absolute Gasteiger partial charge is 0.351 e. The number of carbonyl (C=O) groups excluding carboxylic acids is 1. The van der Waals surface area contributed by atoms with Crippen molar-refractivity contribution in [3.8, 4) is 0 Å². The molecule has 0 amide bonds. The van der Waals surface area contributed by atoms with Crippen LogP contribution in [0, 0.1) is 0 Å². The summed E-state index contributed by atoms with van der Waals surface area (Å²) in [6.45, 7) is 3.48. The number of hydrogen-bond acceptors (Lipinski definition) is 9. The van der Waals surface area contributed by atoms with Gasteiger partial charge in [-0.2, -0.15) is 4.98 Å². The maximum Gasteiger partial charge on any atom is 0.351 e. The molecule has 3 rings (SSSR count). The maximum atomic E-state index is 12.5. The van der Waals surface area contributed by atoms with Crippen LogP contribution in [0.5, 0.6) is 0 Å². The molecule has 4 atom stereocenters. The fraction of sp³-hybridized carbons (Fsp3) is 0.421. The standard InChI is InChI=1S/C19H24N3O7P/c1-3-27-30(2,25)12-26-16-11-14(28-18(23)13-7-5-4-6-8-13)17(29-16)22-10-9-15(20)21-19(22)24/h4-10,14,16-17H,3,11-12H2,1-2H3,(H2,20,21,24)/t14-,16-,17+,30?/m0/s1. The number of carbonyl (C=O) groups is 1. The van der Waals surface area contributed by atoms with E-state index in [1.165, 1.54) is 23.5 Å². The molecule has 1 aliphatic rings. The molecule has 1 aromatic carbocycles. The Morgan fingerprint density at radius 3 is 2.73 bits per heavy atom. The summed E-state index contributed by atoms with van der Waals surface area (Å²) in [5.74, 6) is -0.509. The molecule has 10 nitrogen and oxygen atoms in total. The summed E-state index contributed by atoms with van der Waals surface area (Å²) in [5, 5.41) is 0. The Labute approximate surface area is 173 Å². The molecule has 0 radical (unpaired) electrons. The van der Waals surface area contributed by atoms with Gasteiger partial charge >= 0.3 is 11.7 Å². The van der Waals surface area contributed by atoms with Gasteiger partial charge in [-0.05, 0) is 25.1 Å². The second-order valence-electron chi connectivity index (χ2n) is 6.77. The van der Waals surface area contributed by atoms with Crippen molar-refractivity contribution < 1.29 is 28.1 Å². The lowest BCUT2D eigenvalue weighted by Crippen LogP contribution is -2.34. The van der Waals surface area contributed by atoms with Crippen LogP contribution < -0.4 is 11.4 Å². The van der Waals surface area contributed by atoms with Crippen LogP contribution in [0.15, 0.2) is 47.4 Å². The van der Waals surface area contributed by atoms with Crippen molar-refractivity contribution in [1.29, 1.82) is 0 Å². The van der Waals surface area contributed by atoms with E-state index in [1.54, 1.807) is 37.3 Å². The van der Waals surface area contributed by atoms with Crippen LogP contribution in [0.3, 0.4) is 0 Å². The van der Waals surface area contributed by atoms with E-state index < -0.39 is 37.6 Å². The Bertz CT molecular complexity index is 982. The Balaban J connectivity index is 1.78. The zero-order chi connectivity index (χ0) is 21.7. The second kappa shape index (κ2) is 9.53. The van der Waals surface area contributed by atoms with Crippen molar-refractivity contribution >= 4 is 19.2 Å². The van der Waals surface area contributed by atoms with Crippen LogP contribution >= 0.6 is 7.37 Å². The lowest BCUT2D eigenvalue weighted by Gasteiger charge is -2.20. The highest BCUT2D eigenvalue weighted by molar-refractivity contribution is 7.57. The molecule has 11 heteroatoms. The van der Waals surface area contributed by atoms with Crippen LogP contribution in [0.4, 0.5) is 5.82 Å². The van der Waals surface area contributed by atoms with Gasteiger partial charge in [0.1, 0.15) is 12.2 Å². The van der Waals surface area contributed by atoms with E-state index in [0.717, 1.165) is 0 Å². The topological polar surface area (TPSA) is 132 Å². The van der Waals surface area contributed by atoms with Crippen LogP contribution in [0.1, 0.15) is 29.9 Å². The van der Waals surface area contributed by atoms with Gasteiger partial charge in [-0.15, -0.1) is 0 Å². The molecule has 1 unspecified atom stereocenters. The summed E-state index contributed by atoms with van der Waals surface area (Å²) in [6, 6.07) is 9.88. The third-order valence-electron chi connectivity index (χ3n) is 4.32. The van der Waals surface area contributed by atoms with Crippen molar-refractivity contribution in [2.24, 2.45) is 0 Å². The zero-order valence-electron chi connectivity index (χ0n) is 16.7. The molecule has 2 aromatic rings. The third-order valence-corrected chi connectivity index (χ3v) is 5.75. The summed E-state index contributed by atoms with van der Waals surface area (Å²) < 4.78 is 35.6. The van der Waals surface area contributed by atoms with Crippen molar-refractivity contribution in [2.75, 3.05) is 25.4 Å². The fourth-order valence-corrected chi connectivity index (χ4v) is 4.05. The highest BCUT2D eigenvalue weighted by Crippen LogP contribution is 2.43. The summed E-state index contributed by atoms with van der Waals surface area (Å²) in [6.07, 6.45) is -1.31. The number of nitrogens with zero attached hydrogens (tertiary/aromatic N) is 2. The number of esters is 1. The average molecular weight is 437 g/mol. The Morgan fingerprint density at radius 2 is 2.07 bits per heavy atom. The first kappa shape index (κ1) is 22.2. The summed E-state index contributed by atoms with van der Waals surface area (Å²) in [5.41, 5.74) is 5.25. The molecule has 1 fully saturated rings. The van der Waals surface area contributed by atoms with Gasteiger partial charge in [0, 0.05) is 19.3 Å². The van der Waals surface area contributed by atoms with E-state index >= 15 is 0 Å². The molecule has 0 spiro atoms. The number of nitrogens with two attached hydrogens (primary N) is 1. The Morgan fingerprint density at radius 1 is 1.33 bits per heavy atom. The van der Waals surface area contributed by atoms with E-state index in [2.05, 4.69) is 4.98 Å². The number of ether oxygens (including phenoxy) is 3. The van der Waals surface area contributed by atoms with Gasteiger partial charge in [-0.1, -0.05) is 18.2 Å². The molecular weight excluding hydrogens is 413 g/mol. The van der Waals surface area contributed by atoms with E-state index in [-0.39, 0.29) is 25.2 Å².